The standard InChI is InChI=1S/C16H20N2O3/c19-16(8-7-12-4-3-11-21-12)18-10-9-14(17-20)13-5-1-2-6-15(13)18/h1-2,5-6,12,20H,3-4,7-11H2. The van der Waals surface area contributed by atoms with Crippen LogP contribution in [-0.2, 0) is 9.53 Å². The second kappa shape index (κ2) is 6.26. The molecule has 1 amide bonds. The lowest BCUT2D eigenvalue weighted by atomic mass is 9.99. The van der Waals surface area contributed by atoms with E-state index in [0.717, 1.165) is 37.1 Å². The minimum atomic E-state index is 0.120. The minimum absolute atomic E-state index is 0.120. The number of hydrogen-bond acceptors (Lipinski definition) is 4. The Kier molecular flexibility index (Phi) is 4.20. The van der Waals surface area contributed by atoms with Gasteiger partial charge < -0.3 is 14.8 Å². The molecule has 1 unspecified atom stereocenters. The van der Waals surface area contributed by atoms with Gasteiger partial charge in [-0.3, -0.25) is 4.79 Å². The summed E-state index contributed by atoms with van der Waals surface area (Å²) >= 11 is 0. The van der Waals surface area contributed by atoms with Crippen molar-refractivity contribution < 1.29 is 14.7 Å². The van der Waals surface area contributed by atoms with E-state index in [1.54, 1.807) is 4.90 Å². The summed E-state index contributed by atoms with van der Waals surface area (Å²) in [6, 6.07) is 7.59. The van der Waals surface area contributed by atoms with E-state index in [4.69, 9.17) is 9.94 Å². The number of para-hydroxylation sites is 1. The quantitative estimate of drug-likeness (QED) is 0.687. The van der Waals surface area contributed by atoms with Gasteiger partial charge in [-0.05, 0) is 25.3 Å². The van der Waals surface area contributed by atoms with Gasteiger partial charge in [-0.15, -0.1) is 0 Å². The Labute approximate surface area is 124 Å². The van der Waals surface area contributed by atoms with Crippen LogP contribution in [0.25, 0.3) is 0 Å². The van der Waals surface area contributed by atoms with Gasteiger partial charge in [0.25, 0.3) is 0 Å². The van der Waals surface area contributed by atoms with E-state index < -0.39 is 0 Å². The zero-order valence-electron chi connectivity index (χ0n) is 12.0. The highest BCUT2D eigenvalue weighted by molar-refractivity contribution is 6.11. The molecule has 0 aromatic heterocycles. The average Bonchev–Trinajstić information content (AvgIpc) is 3.05. The van der Waals surface area contributed by atoms with Crippen LogP contribution in [0.15, 0.2) is 29.4 Å². The molecule has 1 N–H and O–H groups in total. The molecule has 3 rings (SSSR count). The Hall–Kier alpha value is -1.88. The molecule has 1 saturated heterocycles. The van der Waals surface area contributed by atoms with Gasteiger partial charge in [0, 0.05) is 31.6 Å². The van der Waals surface area contributed by atoms with Gasteiger partial charge in [0.05, 0.1) is 17.5 Å². The fraction of sp³-hybridized carbons (Fsp3) is 0.500. The molecule has 0 aliphatic carbocycles. The van der Waals surface area contributed by atoms with Crippen LogP contribution in [0.2, 0.25) is 0 Å². The smallest absolute Gasteiger partial charge is 0.227 e. The second-order valence-corrected chi connectivity index (χ2v) is 5.53. The van der Waals surface area contributed by atoms with E-state index in [-0.39, 0.29) is 12.0 Å². The summed E-state index contributed by atoms with van der Waals surface area (Å²) in [6.07, 6.45) is 4.28. The predicted octanol–water partition coefficient (Wildman–Crippen LogP) is 2.56. The van der Waals surface area contributed by atoms with Crippen LogP contribution in [0, 0.1) is 0 Å². The summed E-state index contributed by atoms with van der Waals surface area (Å²) in [6.45, 7) is 1.39. The third kappa shape index (κ3) is 2.93. The Morgan fingerprint density at radius 1 is 1.43 bits per heavy atom. The largest absolute Gasteiger partial charge is 0.411 e. The number of hydrogen-bond donors (Lipinski definition) is 1. The maximum atomic E-state index is 12.5. The first kappa shape index (κ1) is 14.1. The van der Waals surface area contributed by atoms with Crippen molar-refractivity contribution >= 4 is 17.3 Å². The zero-order valence-corrected chi connectivity index (χ0v) is 12.0. The van der Waals surface area contributed by atoms with Crippen LogP contribution in [0.3, 0.4) is 0 Å². The molecule has 2 heterocycles. The van der Waals surface area contributed by atoms with Gasteiger partial charge in [-0.1, -0.05) is 23.4 Å². The van der Waals surface area contributed by atoms with E-state index in [1.165, 1.54) is 0 Å². The molecule has 21 heavy (non-hydrogen) atoms. The van der Waals surface area contributed by atoms with Gasteiger partial charge >= 0.3 is 0 Å². The van der Waals surface area contributed by atoms with Gasteiger partial charge in [0.2, 0.25) is 5.91 Å². The highest BCUT2D eigenvalue weighted by Gasteiger charge is 2.27. The third-order valence-corrected chi connectivity index (χ3v) is 4.20. The summed E-state index contributed by atoms with van der Waals surface area (Å²) in [4.78, 5) is 14.3. The summed E-state index contributed by atoms with van der Waals surface area (Å²) in [7, 11) is 0. The molecule has 1 aromatic carbocycles. The van der Waals surface area contributed by atoms with Crippen LogP contribution < -0.4 is 4.90 Å². The normalized spacial score (nSPS) is 23.3. The summed E-state index contributed by atoms with van der Waals surface area (Å²) in [5.74, 6) is 0.120. The van der Waals surface area contributed by atoms with Crippen LogP contribution >= 0.6 is 0 Å². The number of rotatable bonds is 3. The molecule has 0 radical (unpaired) electrons. The van der Waals surface area contributed by atoms with Crippen molar-refractivity contribution in [3.8, 4) is 0 Å². The van der Waals surface area contributed by atoms with E-state index in [9.17, 15) is 4.79 Å². The Morgan fingerprint density at radius 3 is 3.05 bits per heavy atom. The number of amides is 1. The first-order valence-corrected chi connectivity index (χ1v) is 7.52. The monoisotopic (exact) mass is 288 g/mol. The lowest BCUT2D eigenvalue weighted by molar-refractivity contribution is -0.119. The molecule has 2 aliphatic heterocycles. The van der Waals surface area contributed by atoms with Crippen molar-refractivity contribution in [2.24, 2.45) is 5.16 Å². The van der Waals surface area contributed by atoms with Crippen LogP contribution in [0.4, 0.5) is 5.69 Å². The lowest BCUT2D eigenvalue weighted by Gasteiger charge is -2.30. The van der Waals surface area contributed by atoms with Gasteiger partial charge in [0.1, 0.15) is 0 Å². The van der Waals surface area contributed by atoms with Crippen LogP contribution in [0.5, 0.6) is 0 Å². The van der Waals surface area contributed by atoms with E-state index >= 15 is 0 Å². The molecule has 1 atom stereocenters. The van der Waals surface area contributed by atoms with Crippen molar-refractivity contribution in [1.82, 2.24) is 0 Å². The molecule has 0 bridgehead atoms. The number of carbonyl (C=O) groups is 1. The average molecular weight is 288 g/mol. The maximum absolute atomic E-state index is 12.5. The van der Waals surface area contributed by atoms with E-state index in [0.29, 0.717) is 25.1 Å². The number of benzene rings is 1. The third-order valence-electron chi connectivity index (χ3n) is 4.20. The maximum Gasteiger partial charge on any atom is 0.227 e. The van der Waals surface area contributed by atoms with Crippen LogP contribution in [-0.4, -0.2) is 36.1 Å². The fourth-order valence-electron chi connectivity index (χ4n) is 3.08. The molecule has 2 aliphatic rings. The van der Waals surface area contributed by atoms with Crippen molar-refractivity contribution in [2.75, 3.05) is 18.1 Å². The van der Waals surface area contributed by atoms with Crippen LogP contribution in [0.1, 0.15) is 37.7 Å². The molecule has 5 nitrogen and oxygen atoms in total. The summed E-state index contributed by atoms with van der Waals surface area (Å²) in [5.41, 5.74) is 2.33. The fourth-order valence-corrected chi connectivity index (χ4v) is 3.08. The molecule has 1 fully saturated rings. The molecule has 0 spiro atoms. The number of anilines is 1. The lowest BCUT2D eigenvalue weighted by Crippen LogP contribution is -2.37. The van der Waals surface area contributed by atoms with Crippen molar-refractivity contribution in [3.05, 3.63) is 29.8 Å². The van der Waals surface area contributed by atoms with Crippen molar-refractivity contribution in [2.45, 2.75) is 38.2 Å². The molecule has 5 heteroatoms. The number of oxime groups is 1. The Balaban J connectivity index is 1.71. The highest BCUT2D eigenvalue weighted by Crippen LogP contribution is 2.28. The number of nitrogens with zero attached hydrogens (tertiary/aromatic N) is 2. The Bertz CT molecular complexity index is 550. The highest BCUT2D eigenvalue weighted by atomic mass is 16.5. The van der Waals surface area contributed by atoms with Crippen molar-refractivity contribution in [3.63, 3.8) is 0 Å². The van der Waals surface area contributed by atoms with Crippen molar-refractivity contribution in [1.29, 1.82) is 0 Å². The van der Waals surface area contributed by atoms with E-state index in [1.807, 2.05) is 24.3 Å². The first-order chi connectivity index (χ1) is 10.3. The van der Waals surface area contributed by atoms with E-state index in [2.05, 4.69) is 5.16 Å². The SMILES string of the molecule is O=C(CCC1CCCO1)N1CCC(=NO)c2ccccc21. The zero-order chi connectivity index (χ0) is 14.7. The first-order valence-electron chi connectivity index (χ1n) is 7.52. The number of fused-ring (bicyclic) bond motifs is 1. The summed E-state index contributed by atoms with van der Waals surface area (Å²) in [5, 5.41) is 12.4. The molecule has 1 aromatic rings. The Morgan fingerprint density at radius 2 is 2.29 bits per heavy atom. The minimum Gasteiger partial charge on any atom is -0.411 e. The predicted molar refractivity (Wildman–Crippen MR) is 79.9 cm³/mol. The molecular weight excluding hydrogens is 268 g/mol. The second-order valence-electron chi connectivity index (χ2n) is 5.53. The number of ether oxygens (including phenoxy) is 1. The molecule has 0 saturated carbocycles. The topological polar surface area (TPSA) is 62.1 Å². The van der Waals surface area contributed by atoms with Gasteiger partial charge in [-0.2, -0.15) is 0 Å². The molecular formula is C16H20N2O3. The number of carbonyl (C=O) groups excluding carboxylic acids is 1. The van der Waals surface area contributed by atoms with Gasteiger partial charge in [0.15, 0.2) is 0 Å². The summed E-state index contributed by atoms with van der Waals surface area (Å²) < 4.78 is 5.57. The molecule has 112 valence electrons. The van der Waals surface area contributed by atoms with Gasteiger partial charge in [-0.25, -0.2) is 0 Å².